The maximum absolute atomic E-state index is 13.6. The number of halogens is 1. The summed E-state index contributed by atoms with van der Waals surface area (Å²) < 4.78 is 21.0. The zero-order chi connectivity index (χ0) is 20.5. The van der Waals surface area contributed by atoms with E-state index in [2.05, 4.69) is 21.5 Å². The molecule has 1 atom stereocenters. The van der Waals surface area contributed by atoms with Crippen LogP contribution in [0.25, 0.3) is 0 Å². The summed E-state index contributed by atoms with van der Waals surface area (Å²) in [6, 6.07) is 11.3. The van der Waals surface area contributed by atoms with Crippen LogP contribution in [0.15, 0.2) is 42.6 Å². The van der Waals surface area contributed by atoms with Gasteiger partial charge in [0.05, 0.1) is 12.7 Å². The van der Waals surface area contributed by atoms with Gasteiger partial charge in [-0.1, -0.05) is 37.3 Å². The molecule has 0 unspecified atom stereocenters. The second-order valence-electron chi connectivity index (χ2n) is 7.85. The van der Waals surface area contributed by atoms with E-state index in [1.165, 1.54) is 25.3 Å². The van der Waals surface area contributed by atoms with Crippen molar-refractivity contribution < 1.29 is 14.2 Å². The number of aliphatic hydroxyl groups excluding tert-OH is 1. The van der Waals surface area contributed by atoms with E-state index in [0.717, 1.165) is 30.6 Å². The molecule has 0 spiro atoms. The summed E-state index contributed by atoms with van der Waals surface area (Å²) in [6.45, 7) is 2.40. The van der Waals surface area contributed by atoms with Gasteiger partial charge in [-0.25, -0.2) is 4.39 Å². The molecule has 0 bridgehead atoms. The van der Waals surface area contributed by atoms with Crippen LogP contribution in [0.2, 0.25) is 0 Å². The predicted octanol–water partition coefficient (Wildman–Crippen LogP) is 3.82. The highest BCUT2D eigenvalue weighted by Gasteiger charge is 2.24. The van der Waals surface area contributed by atoms with E-state index in [1.807, 2.05) is 18.3 Å². The molecule has 4 nitrogen and oxygen atoms in total. The second-order valence-corrected chi connectivity index (χ2v) is 7.85. The minimum Gasteiger partial charge on any atom is -0.389 e. The number of nitrogens with zero attached hydrogens (tertiary/aromatic N) is 2. The Bertz CT molecular complexity index is 792. The molecule has 3 rings (SSSR count). The SMILES string of the molecule is C#CCOC[C@@H](O)CN(Cc1cccn1Cc1cccc(F)c1)C1CCCCC1. The number of rotatable bonds is 10. The molecular formula is C24H31FN2O2. The minimum atomic E-state index is -0.572. The largest absolute Gasteiger partial charge is 0.389 e. The fourth-order valence-electron chi connectivity index (χ4n) is 4.15. The van der Waals surface area contributed by atoms with Crippen LogP contribution in [0.5, 0.6) is 0 Å². The maximum Gasteiger partial charge on any atom is 0.123 e. The van der Waals surface area contributed by atoms with Crippen LogP contribution in [-0.2, 0) is 17.8 Å². The Hall–Kier alpha value is -2.13. The van der Waals surface area contributed by atoms with Gasteiger partial charge in [-0.05, 0) is 42.7 Å². The van der Waals surface area contributed by atoms with Crippen molar-refractivity contribution in [1.29, 1.82) is 0 Å². The normalized spacial score (nSPS) is 16.1. The molecular weight excluding hydrogens is 367 g/mol. The lowest BCUT2D eigenvalue weighted by Crippen LogP contribution is -2.42. The first-order valence-corrected chi connectivity index (χ1v) is 10.5. The molecule has 1 fully saturated rings. The van der Waals surface area contributed by atoms with Crippen LogP contribution in [0.3, 0.4) is 0 Å². The summed E-state index contributed by atoms with van der Waals surface area (Å²) in [5.74, 6) is 2.22. The Morgan fingerprint density at radius 1 is 1.24 bits per heavy atom. The van der Waals surface area contributed by atoms with Crippen LogP contribution in [0.1, 0.15) is 43.4 Å². The van der Waals surface area contributed by atoms with Crippen molar-refractivity contribution in [2.75, 3.05) is 19.8 Å². The monoisotopic (exact) mass is 398 g/mol. The Morgan fingerprint density at radius 2 is 2.07 bits per heavy atom. The molecule has 1 heterocycles. The Labute approximate surface area is 173 Å². The highest BCUT2D eigenvalue weighted by atomic mass is 19.1. The number of hydrogen-bond acceptors (Lipinski definition) is 3. The van der Waals surface area contributed by atoms with Crippen molar-refractivity contribution in [3.05, 3.63) is 59.7 Å². The van der Waals surface area contributed by atoms with Crippen molar-refractivity contribution in [3.8, 4) is 12.3 Å². The fourth-order valence-corrected chi connectivity index (χ4v) is 4.15. The van der Waals surface area contributed by atoms with Gasteiger partial charge < -0.3 is 14.4 Å². The topological polar surface area (TPSA) is 37.6 Å². The molecule has 1 aliphatic rings. The smallest absolute Gasteiger partial charge is 0.123 e. The van der Waals surface area contributed by atoms with Crippen LogP contribution in [0, 0.1) is 18.2 Å². The second kappa shape index (κ2) is 11.2. The molecule has 2 aromatic rings. The zero-order valence-corrected chi connectivity index (χ0v) is 17.0. The molecule has 1 N–H and O–H groups in total. The Kier molecular flexibility index (Phi) is 8.30. The lowest BCUT2D eigenvalue weighted by molar-refractivity contribution is 0.0101. The highest BCUT2D eigenvalue weighted by Crippen LogP contribution is 2.25. The molecule has 5 heteroatoms. The molecule has 0 aliphatic heterocycles. The van der Waals surface area contributed by atoms with Crippen molar-refractivity contribution in [2.24, 2.45) is 0 Å². The van der Waals surface area contributed by atoms with E-state index in [-0.39, 0.29) is 19.0 Å². The number of benzene rings is 1. The third-order valence-electron chi connectivity index (χ3n) is 5.56. The minimum absolute atomic E-state index is 0.213. The van der Waals surface area contributed by atoms with Crippen LogP contribution in [-0.4, -0.2) is 46.5 Å². The summed E-state index contributed by atoms with van der Waals surface area (Å²) in [5, 5.41) is 10.5. The average molecular weight is 399 g/mol. The zero-order valence-electron chi connectivity index (χ0n) is 17.0. The van der Waals surface area contributed by atoms with Crippen LogP contribution < -0.4 is 0 Å². The average Bonchev–Trinajstić information content (AvgIpc) is 3.15. The molecule has 1 aromatic carbocycles. The van der Waals surface area contributed by atoms with Crippen LogP contribution >= 0.6 is 0 Å². The fraction of sp³-hybridized carbons (Fsp3) is 0.500. The Balaban J connectivity index is 1.68. The van der Waals surface area contributed by atoms with Gasteiger partial charge in [0.2, 0.25) is 0 Å². The molecule has 0 saturated heterocycles. The lowest BCUT2D eigenvalue weighted by atomic mass is 9.94. The van der Waals surface area contributed by atoms with Gasteiger partial charge >= 0.3 is 0 Å². The molecule has 0 radical (unpaired) electrons. The third kappa shape index (κ3) is 6.71. The quantitative estimate of drug-likeness (QED) is 0.488. The molecule has 29 heavy (non-hydrogen) atoms. The Morgan fingerprint density at radius 3 is 2.83 bits per heavy atom. The summed E-state index contributed by atoms with van der Waals surface area (Å²) in [5.41, 5.74) is 2.10. The van der Waals surface area contributed by atoms with Crippen molar-refractivity contribution >= 4 is 0 Å². The van der Waals surface area contributed by atoms with Gasteiger partial charge in [-0.2, -0.15) is 0 Å². The van der Waals surface area contributed by atoms with E-state index in [4.69, 9.17) is 11.2 Å². The van der Waals surface area contributed by atoms with E-state index in [1.54, 1.807) is 12.1 Å². The molecule has 0 amide bonds. The van der Waals surface area contributed by atoms with Crippen molar-refractivity contribution in [3.63, 3.8) is 0 Å². The first-order chi connectivity index (χ1) is 14.2. The highest BCUT2D eigenvalue weighted by molar-refractivity contribution is 5.19. The number of aliphatic hydroxyl groups is 1. The van der Waals surface area contributed by atoms with Crippen molar-refractivity contribution in [1.82, 2.24) is 9.47 Å². The summed E-state index contributed by atoms with van der Waals surface area (Å²) in [4.78, 5) is 2.38. The number of hydrogen-bond donors (Lipinski definition) is 1. The molecule has 1 saturated carbocycles. The van der Waals surface area contributed by atoms with E-state index in [0.29, 0.717) is 19.1 Å². The molecule has 156 valence electrons. The predicted molar refractivity (Wildman–Crippen MR) is 113 cm³/mol. The van der Waals surface area contributed by atoms with Gasteiger partial charge in [0.1, 0.15) is 12.4 Å². The summed E-state index contributed by atoms with van der Waals surface area (Å²) in [6.07, 6.45) is 12.7. The lowest BCUT2D eigenvalue weighted by Gasteiger charge is -2.35. The maximum atomic E-state index is 13.6. The first kappa shape index (κ1) is 21.6. The number of aromatic nitrogens is 1. The number of terminal acetylenes is 1. The van der Waals surface area contributed by atoms with Crippen LogP contribution in [0.4, 0.5) is 4.39 Å². The first-order valence-electron chi connectivity index (χ1n) is 10.5. The van der Waals surface area contributed by atoms with Gasteiger partial charge in [0, 0.05) is 37.6 Å². The summed E-state index contributed by atoms with van der Waals surface area (Å²) in [7, 11) is 0. The van der Waals surface area contributed by atoms with Gasteiger partial charge in [0.15, 0.2) is 0 Å². The number of ether oxygens (including phenoxy) is 1. The van der Waals surface area contributed by atoms with Gasteiger partial charge in [-0.15, -0.1) is 6.42 Å². The standard InChI is InChI=1S/C24H31FN2O2/c1-2-14-29-19-24(28)18-27(22-10-4-3-5-11-22)17-23-12-7-13-26(23)16-20-8-6-9-21(25)15-20/h1,6-9,12-13,15,22,24,28H,3-5,10-11,14,16-19H2/t24-/m0/s1. The van der Waals surface area contributed by atoms with Gasteiger partial charge in [0.25, 0.3) is 0 Å². The summed E-state index contributed by atoms with van der Waals surface area (Å²) >= 11 is 0. The molecule has 1 aliphatic carbocycles. The van der Waals surface area contributed by atoms with E-state index in [9.17, 15) is 9.50 Å². The molecule has 1 aromatic heterocycles. The van der Waals surface area contributed by atoms with Crippen molar-refractivity contribution in [2.45, 2.75) is 57.3 Å². The van der Waals surface area contributed by atoms with E-state index >= 15 is 0 Å². The van der Waals surface area contributed by atoms with Gasteiger partial charge in [-0.3, -0.25) is 4.90 Å². The third-order valence-corrected chi connectivity index (χ3v) is 5.56. The van der Waals surface area contributed by atoms with E-state index < -0.39 is 6.10 Å².